The first-order valence-electron chi connectivity index (χ1n) is 7.75. The number of hydrogen-bond acceptors (Lipinski definition) is 4. The van der Waals surface area contributed by atoms with Gasteiger partial charge in [0.1, 0.15) is 0 Å². The average Bonchev–Trinajstić information content (AvgIpc) is 3.27. The average molecular weight is 347 g/mol. The molecule has 0 saturated heterocycles. The highest BCUT2D eigenvalue weighted by atomic mass is 35.5. The second-order valence-electron chi connectivity index (χ2n) is 5.59. The highest BCUT2D eigenvalue weighted by Crippen LogP contribution is 2.29. The molecule has 0 aliphatic heterocycles. The van der Waals surface area contributed by atoms with E-state index < -0.39 is 0 Å². The molecule has 0 saturated carbocycles. The second kappa shape index (κ2) is 5.43. The molecule has 120 valence electrons. The van der Waals surface area contributed by atoms with E-state index in [1.54, 1.807) is 6.26 Å². The van der Waals surface area contributed by atoms with Crippen molar-refractivity contribution in [3.8, 4) is 17.3 Å². The summed E-state index contributed by atoms with van der Waals surface area (Å²) in [7, 11) is 0. The predicted molar refractivity (Wildman–Crippen MR) is 96.9 cm³/mol. The number of fused-ring (bicyclic) bond motifs is 2. The summed E-state index contributed by atoms with van der Waals surface area (Å²) in [6, 6.07) is 19.0. The third kappa shape index (κ3) is 2.28. The number of nitrogens with zero attached hydrogens (tertiary/aromatic N) is 4. The first-order chi connectivity index (χ1) is 12.3. The van der Waals surface area contributed by atoms with Crippen molar-refractivity contribution in [1.82, 2.24) is 19.5 Å². The van der Waals surface area contributed by atoms with Crippen LogP contribution in [0.2, 0.25) is 5.02 Å². The molecule has 0 aliphatic rings. The normalized spacial score (nSPS) is 11.4. The van der Waals surface area contributed by atoms with Crippen LogP contribution in [-0.4, -0.2) is 19.5 Å². The van der Waals surface area contributed by atoms with Crippen LogP contribution >= 0.6 is 11.6 Å². The van der Waals surface area contributed by atoms with Gasteiger partial charge < -0.3 is 4.42 Å². The van der Waals surface area contributed by atoms with Gasteiger partial charge in [-0.3, -0.25) is 4.57 Å². The monoisotopic (exact) mass is 346 g/mol. The fraction of sp³-hybridized carbons (Fsp3) is 0. The summed E-state index contributed by atoms with van der Waals surface area (Å²) < 4.78 is 7.48. The first kappa shape index (κ1) is 14.2. The van der Waals surface area contributed by atoms with Crippen LogP contribution in [0.5, 0.6) is 0 Å². The van der Waals surface area contributed by atoms with E-state index in [2.05, 4.69) is 9.97 Å². The molecule has 0 bridgehead atoms. The lowest BCUT2D eigenvalue weighted by molar-refractivity contribution is 0.576. The summed E-state index contributed by atoms with van der Waals surface area (Å²) >= 11 is 6.19. The Morgan fingerprint density at radius 1 is 0.840 bits per heavy atom. The number of aromatic nitrogens is 4. The molecule has 0 atom stereocenters. The Hall–Kier alpha value is -3.18. The summed E-state index contributed by atoms with van der Waals surface area (Å²) in [5.41, 5.74) is 3.68. The van der Waals surface area contributed by atoms with Gasteiger partial charge in [-0.2, -0.15) is 0 Å². The quantitative estimate of drug-likeness (QED) is 0.457. The minimum Gasteiger partial charge on any atom is -0.461 e. The van der Waals surface area contributed by atoms with Gasteiger partial charge in [-0.15, -0.1) is 0 Å². The lowest BCUT2D eigenvalue weighted by Crippen LogP contribution is -1.98. The Morgan fingerprint density at radius 3 is 2.44 bits per heavy atom. The van der Waals surface area contributed by atoms with Crippen molar-refractivity contribution in [2.24, 2.45) is 0 Å². The maximum atomic E-state index is 6.19. The van der Waals surface area contributed by atoms with Crippen molar-refractivity contribution >= 4 is 33.9 Å². The summed E-state index contributed by atoms with van der Waals surface area (Å²) in [6.45, 7) is 0. The van der Waals surface area contributed by atoms with E-state index >= 15 is 0 Å². The Kier molecular flexibility index (Phi) is 3.08. The summed E-state index contributed by atoms with van der Waals surface area (Å²) in [6.07, 6.45) is 1.62. The molecule has 3 aromatic heterocycles. The van der Waals surface area contributed by atoms with Gasteiger partial charge in [-0.05, 0) is 42.5 Å². The molecule has 5 nitrogen and oxygen atoms in total. The molecule has 25 heavy (non-hydrogen) atoms. The van der Waals surface area contributed by atoms with Crippen LogP contribution in [0.15, 0.2) is 71.3 Å². The summed E-state index contributed by atoms with van der Waals surface area (Å²) in [4.78, 5) is 14.1. The Bertz CT molecular complexity index is 1210. The molecule has 0 aliphatic carbocycles. The van der Waals surface area contributed by atoms with E-state index in [1.807, 2.05) is 65.2 Å². The van der Waals surface area contributed by atoms with Crippen LogP contribution in [0.3, 0.4) is 0 Å². The van der Waals surface area contributed by atoms with E-state index in [4.69, 9.17) is 21.0 Å². The number of furan rings is 1. The Morgan fingerprint density at radius 2 is 1.68 bits per heavy atom. The van der Waals surface area contributed by atoms with Gasteiger partial charge in [-0.25, -0.2) is 15.0 Å². The summed E-state index contributed by atoms with van der Waals surface area (Å²) in [5, 5.41) is 0.637. The number of imidazole rings is 1. The molecular weight excluding hydrogens is 336 g/mol. The zero-order valence-corrected chi connectivity index (χ0v) is 13.7. The Balaban J connectivity index is 1.91. The van der Waals surface area contributed by atoms with Gasteiger partial charge in [0.25, 0.3) is 0 Å². The highest BCUT2D eigenvalue weighted by molar-refractivity contribution is 6.30. The van der Waals surface area contributed by atoms with E-state index in [9.17, 15) is 0 Å². The minimum absolute atomic E-state index is 0.560. The van der Waals surface area contributed by atoms with E-state index in [0.29, 0.717) is 27.9 Å². The molecule has 0 amide bonds. The van der Waals surface area contributed by atoms with E-state index in [-0.39, 0.29) is 0 Å². The molecule has 0 spiro atoms. The van der Waals surface area contributed by atoms with Crippen molar-refractivity contribution < 1.29 is 4.42 Å². The van der Waals surface area contributed by atoms with Crippen LogP contribution in [0.25, 0.3) is 39.6 Å². The second-order valence-corrected chi connectivity index (χ2v) is 6.02. The first-order valence-corrected chi connectivity index (χ1v) is 8.12. The number of halogens is 1. The molecule has 0 unspecified atom stereocenters. The molecular formula is C19H11ClN4O. The van der Waals surface area contributed by atoms with Crippen LogP contribution < -0.4 is 0 Å². The standard InChI is InChI=1S/C19H11ClN4O/c20-12-5-3-6-13(11-12)24-18(16-9-4-10-25-16)23-17-19(24)22-15-8-2-1-7-14(15)21-17/h1-11H. The van der Waals surface area contributed by atoms with Crippen molar-refractivity contribution in [3.05, 3.63) is 71.9 Å². The fourth-order valence-electron chi connectivity index (χ4n) is 2.89. The number of rotatable bonds is 2. The van der Waals surface area contributed by atoms with Crippen LogP contribution in [0, 0.1) is 0 Å². The van der Waals surface area contributed by atoms with Crippen LogP contribution in [0.1, 0.15) is 0 Å². The number of benzene rings is 2. The van der Waals surface area contributed by atoms with E-state index in [0.717, 1.165) is 16.7 Å². The molecule has 0 N–H and O–H groups in total. The maximum Gasteiger partial charge on any atom is 0.199 e. The zero-order chi connectivity index (χ0) is 16.8. The number of para-hydroxylation sites is 2. The highest BCUT2D eigenvalue weighted by Gasteiger charge is 2.19. The van der Waals surface area contributed by atoms with Gasteiger partial charge in [0.05, 0.1) is 23.0 Å². The molecule has 0 radical (unpaired) electrons. The lowest BCUT2D eigenvalue weighted by atomic mass is 10.3. The van der Waals surface area contributed by atoms with Crippen LogP contribution in [0.4, 0.5) is 0 Å². The lowest BCUT2D eigenvalue weighted by Gasteiger charge is -2.07. The van der Waals surface area contributed by atoms with Gasteiger partial charge in [0.2, 0.25) is 0 Å². The fourth-order valence-corrected chi connectivity index (χ4v) is 3.07. The minimum atomic E-state index is 0.560. The third-order valence-electron chi connectivity index (χ3n) is 3.98. The van der Waals surface area contributed by atoms with Gasteiger partial charge in [-0.1, -0.05) is 29.8 Å². The topological polar surface area (TPSA) is 56.7 Å². The van der Waals surface area contributed by atoms with Gasteiger partial charge in [0.15, 0.2) is 22.9 Å². The molecule has 5 aromatic rings. The maximum absolute atomic E-state index is 6.19. The number of hydrogen-bond donors (Lipinski definition) is 0. The van der Waals surface area contributed by atoms with Crippen molar-refractivity contribution in [2.75, 3.05) is 0 Å². The Labute approximate surface area is 147 Å². The van der Waals surface area contributed by atoms with Crippen LogP contribution in [-0.2, 0) is 0 Å². The molecule has 5 rings (SSSR count). The van der Waals surface area contributed by atoms with Gasteiger partial charge in [0, 0.05) is 5.02 Å². The third-order valence-corrected chi connectivity index (χ3v) is 4.21. The summed E-state index contributed by atoms with van der Waals surface area (Å²) in [5.74, 6) is 1.28. The molecule has 0 fully saturated rings. The van der Waals surface area contributed by atoms with Crippen molar-refractivity contribution in [3.63, 3.8) is 0 Å². The van der Waals surface area contributed by atoms with Crippen molar-refractivity contribution in [2.45, 2.75) is 0 Å². The SMILES string of the molecule is Clc1cccc(-n2c(-c3ccco3)nc3nc4ccccc4nc32)c1. The van der Waals surface area contributed by atoms with E-state index in [1.165, 1.54) is 0 Å². The zero-order valence-electron chi connectivity index (χ0n) is 12.9. The smallest absolute Gasteiger partial charge is 0.199 e. The molecule has 6 heteroatoms. The van der Waals surface area contributed by atoms with Crippen molar-refractivity contribution in [1.29, 1.82) is 0 Å². The largest absolute Gasteiger partial charge is 0.461 e. The predicted octanol–water partition coefficient (Wildman–Crippen LogP) is 4.88. The molecule has 3 heterocycles. The molecule has 2 aromatic carbocycles. The van der Waals surface area contributed by atoms with Gasteiger partial charge >= 0.3 is 0 Å².